The van der Waals surface area contributed by atoms with Crippen molar-refractivity contribution in [3.05, 3.63) is 17.9 Å². The van der Waals surface area contributed by atoms with Crippen molar-refractivity contribution in [1.82, 2.24) is 14.1 Å². The summed E-state index contributed by atoms with van der Waals surface area (Å²) in [7, 11) is -3.71. The van der Waals surface area contributed by atoms with Crippen molar-refractivity contribution in [3.63, 3.8) is 0 Å². The Bertz CT molecular complexity index is 673. The minimum Gasteiger partial charge on any atom is -0.438 e. The van der Waals surface area contributed by atoms with Gasteiger partial charge in [0.15, 0.2) is 5.76 Å². The Labute approximate surface area is 142 Å². The number of furan rings is 1. The first-order valence-electron chi connectivity index (χ1n) is 8.21. The van der Waals surface area contributed by atoms with E-state index in [4.69, 9.17) is 9.15 Å². The molecule has 1 aromatic heterocycles. The number of piperazine rings is 1. The molecule has 0 aromatic carbocycles. The number of rotatable bonds is 4. The molecule has 0 bridgehead atoms. The summed E-state index contributed by atoms with van der Waals surface area (Å²) < 4.78 is 36.9. The van der Waals surface area contributed by atoms with Crippen LogP contribution in [0.1, 0.15) is 17.5 Å². The Morgan fingerprint density at radius 2 is 1.75 bits per heavy atom. The predicted octanol–water partition coefficient (Wildman–Crippen LogP) is 0.0782. The van der Waals surface area contributed by atoms with Crippen molar-refractivity contribution in [1.29, 1.82) is 0 Å². The highest BCUT2D eigenvalue weighted by molar-refractivity contribution is 7.89. The molecule has 0 N–H and O–H groups in total. The fourth-order valence-corrected chi connectivity index (χ4v) is 4.23. The number of hydrogen-bond acceptors (Lipinski definition) is 6. The van der Waals surface area contributed by atoms with E-state index in [1.807, 2.05) is 0 Å². The number of carbonyl (C=O) groups excluding carboxylic acids is 1. The fourth-order valence-electron chi connectivity index (χ4n) is 2.91. The average molecular weight is 357 g/mol. The van der Waals surface area contributed by atoms with Gasteiger partial charge in [-0.15, -0.1) is 0 Å². The molecule has 2 saturated heterocycles. The van der Waals surface area contributed by atoms with Crippen molar-refractivity contribution in [2.75, 3.05) is 59.0 Å². The van der Waals surface area contributed by atoms with Gasteiger partial charge in [0.05, 0.1) is 13.2 Å². The summed E-state index contributed by atoms with van der Waals surface area (Å²) in [5.41, 5.74) is 0. The number of amides is 1. The monoisotopic (exact) mass is 357 g/mol. The van der Waals surface area contributed by atoms with Gasteiger partial charge in [-0.05, 0) is 18.7 Å². The van der Waals surface area contributed by atoms with E-state index in [1.165, 1.54) is 16.4 Å². The molecule has 0 saturated carbocycles. The average Bonchev–Trinajstić information content (AvgIpc) is 3.13. The normalized spacial score (nSPS) is 21.1. The number of carbonyl (C=O) groups is 1. The van der Waals surface area contributed by atoms with Crippen LogP contribution < -0.4 is 0 Å². The molecule has 0 radical (unpaired) electrons. The van der Waals surface area contributed by atoms with Crippen molar-refractivity contribution >= 4 is 15.9 Å². The Balaban J connectivity index is 1.70. The van der Waals surface area contributed by atoms with Crippen LogP contribution in [0.25, 0.3) is 0 Å². The summed E-state index contributed by atoms with van der Waals surface area (Å²) >= 11 is 0. The number of sulfonamides is 1. The zero-order valence-corrected chi connectivity index (χ0v) is 14.6. The van der Waals surface area contributed by atoms with Crippen molar-refractivity contribution < 1.29 is 22.4 Å². The molecule has 134 valence electrons. The van der Waals surface area contributed by atoms with Gasteiger partial charge in [0.1, 0.15) is 0 Å². The third kappa shape index (κ3) is 3.49. The lowest BCUT2D eigenvalue weighted by molar-refractivity contribution is 0.0604. The first-order chi connectivity index (χ1) is 11.5. The highest BCUT2D eigenvalue weighted by atomic mass is 32.2. The Morgan fingerprint density at radius 1 is 1.08 bits per heavy atom. The summed E-state index contributed by atoms with van der Waals surface area (Å²) in [6.07, 6.45) is 0. The topological polar surface area (TPSA) is 83.3 Å². The van der Waals surface area contributed by atoms with Crippen LogP contribution in [-0.4, -0.2) is 87.5 Å². The van der Waals surface area contributed by atoms with E-state index in [-0.39, 0.29) is 16.8 Å². The summed E-state index contributed by atoms with van der Waals surface area (Å²) in [5.74, 6) is -0.180. The molecule has 0 unspecified atom stereocenters. The molecule has 1 aromatic rings. The number of hydrogen-bond donors (Lipinski definition) is 0. The quantitative estimate of drug-likeness (QED) is 0.759. The maximum absolute atomic E-state index is 12.5. The van der Waals surface area contributed by atoms with Crippen LogP contribution in [0.5, 0.6) is 0 Å². The minimum atomic E-state index is -3.71. The number of ether oxygens (including phenoxy) is 1. The van der Waals surface area contributed by atoms with E-state index in [0.29, 0.717) is 39.4 Å². The second-order valence-corrected chi connectivity index (χ2v) is 7.73. The molecule has 3 heterocycles. The molecule has 2 fully saturated rings. The van der Waals surface area contributed by atoms with Crippen molar-refractivity contribution in [2.24, 2.45) is 0 Å². The molecule has 0 spiro atoms. The Hall–Kier alpha value is -1.42. The molecule has 9 heteroatoms. The lowest BCUT2D eigenvalue weighted by atomic mass is 10.3. The van der Waals surface area contributed by atoms with Gasteiger partial charge >= 0.3 is 0 Å². The smallest absolute Gasteiger partial charge is 0.289 e. The molecule has 3 rings (SSSR count). The molecular formula is C15H23N3O5S. The van der Waals surface area contributed by atoms with Crippen LogP contribution in [0.2, 0.25) is 0 Å². The van der Waals surface area contributed by atoms with E-state index >= 15 is 0 Å². The van der Waals surface area contributed by atoms with E-state index in [0.717, 1.165) is 19.6 Å². The number of likely N-dealkylation sites (N-methyl/N-ethyl adjacent to an activating group) is 1. The summed E-state index contributed by atoms with van der Waals surface area (Å²) in [6.45, 7) is 7.27. The van der Waals surface area contributed by atoms with E-state index < -0.39 is 10.0 Å². The molecule has 1 amide bonds. The third-order valence-electron chi connectivity index (χ3n) is 4.46. The molecule has 24 heavy (non-hydrogen) atoms. The summed E-state index contributed by atoms with van der Waals surface area (Å²) in [6, 6.07) is 2.81. The Morgan fingerprint density at radius 3 is 2.38 bits per heavy atom. The second kappa shape index (κ2) is 7.22. The molecule has 2 aliphatic rings. The van der Waals surface area contributed by atoms with E-state index in [9.17, 15) is 13.2 Å². The third-order valence-corrected chi connectivity index (χ3v) is 6.24. The van der Waals surface area contributed by atoms with E-state index in [2.05, 4.69) is 11.8 Å². The van der Waals surface area contributed by atoms with Gasteiger partial charge in [-0.2, -0.15) is 4.31 Å². The number of nitrogens with zero attached hydrogens (tertiary/aromatic N) is 3. The first-order valence-corrected chi connectivity index (χ1v) is 9.65. The summed E-state index contributed by atoms with van der Waals surface area (Å²) in [5, 5.41) is -0.181. The van der Waals surface area contributed by atoms with Crippen LogP contribution >= 0.6 is 0 Å². The SMILES string of the molecule is CCN1CCN(C(=O)c2ccc(S(=O)(=O)N3CCOCC3)o2)CC1. The zero-order chi connectivity index (χ0) is 17.2. The van der Waals surface area contributed by atoms with Crippen LogP contribution in [0.4, 0.5) is 0 Å². The van der Waals surface area contributed by atoms with Crippen molar-refractivity contribution in [2.45, 2.75) is 12.0 Å². The van der Waals surface area contributed by atoms with Crippen molar-refractivity contribution in [3.8, 4) is 0 Å². The van der Waals surface area contributed by atoms with Crippen LogP contribution in [0, 0.1) is 0 Å². The largest absolute Gasteiger partial charge is 0.438 e. The van der Waals surface area contributed by atoms with E-state index in [1.54, 1.807) is 4.90 Å². The van der Waals surface area contributed by atoms with Crippen LogP contribution in [0.3, 0.4) is 0 Å². The standard InChI is InChI=1S/C15H23N3O5S/c1-2-16-5-7-17(8-6-16)15(19)13-3-4-14(23-13)24(20,21)18-9-11-22-12-10-18/h3-4H,2,5-12H2,1H3. The molecular weight excluding hydrogens is 334 g/mol. The molecule has 0 aliphatic carbocycles. The molecule has 2 aliphatic heterocycles. The fraction of sp³-hybridized carbons (Fsp3) is 0.667. The number of morpholine rings is 1. The molecule has 8 nitrogen and oxygen atoms in total. The maximum Gasteiger partial charge on any atom is 0.289 e. The van der Waals surface area contributed by atoms with Gasteiger partial charge in [-0.1, -0.05) is 6.92 Å². The second-order valence-electron chi connectivity index (χ2n) is 5.86. The van der Waals surface area contributed by atoms with Gasteiger partial charge in [-0.25, -0.2) is 8.42 Å². The van der Waals surface area contributed by atoms with Crippen LogP contribution in [-0.2, 0) is 14.8 Å². The zero-order valence-electron chi connectivity index (χ0n) is 13.8. The lowest BCUT2D eigenvalue weighted by Gasteiger charge is -2.33. The van der Waals surface area contributed by atoms with Gasteiger partial charge in [0.2, 0.25) is 5.09 Å². The highest BCUT2D eigenvalue weighted by Crippen LogP contribution is 2.21. The lowest BCUT2D eigenvalue weighted by Crippen LogP contribution is -2.48. The summed E-state index contributed by atoms with van der Waals surface area (Å²) in [4.78, 5) is 16.5. The predicted molar refractivity (Wildman–Crippen MR) is 86.3 cm³/mol. The Kier molecular flexibility index (Phi) is 5.24. The van der Waals surface area contributed by atoms with Gasteiger partial charge in [0.25, 0.3) is 15.9 Å². The minimum absolute atomic E-state index is 0.0757. The molecule has 0 atom stereocenters. The first kappa shape index (κ1) is 17.4. The van der Waals surface area contributed by atoms with Gasteiger partial charge in [0, 0.05) is 39.3 Å². The highest BCUT2D eigenvalue weighted by Gasteiger charge is 2.31. The van der Waals surface area contributed by atoms with Gasteiger partial charge in [-0.3, -0.25) is 4.79 Å². The maximum atomic E-state index is 12.5. The van der Waals surface area contributed by atoms with Crippen LogP contribution in [0.15, 0.2) is 21.6 Å². The van der Waals surface area contributed by atoms with Gasteiger partial charge < -0.3 is 19.0 Å².